The minimum absolute atomic E-state index is 0.0101. The van der Waals surface area contributed by atoms with Crippen LogP contribution in [0.15, 0.2) is 41.5 Å². The molecule has 0 aromatic heterocycles. The van der Waals surface area contributed by atoms with Crippen LogP contribution in [0.25, 0.3) is 6.08 Å². The summed E-state index contributed by atoms with van der Waals surface area (Å²) in [5.74, 6) is -0.0417. The summed E-state index contributed by atoms with van der Waals surface area (Å²) in [7, 11) is 0. The Bertz CT molecular complexity index is 1320. The molecular weight excluding hydrogens is 456 g/mol. The van der Waals surface area contributed by atoms with Gasteiger partial charge in [0.1, 0.15) is 34.5 Å². The van der Waals surface area contributed by atoms with Gasteiger partial charge >= 0.3 is 0 Å². The van der Waals surface area contributed by atoms with Gasteiger partial charge in [0.25, 0.3) is 0 Å². The molecular formula is C30H34O6. The van der Waals surface area contributed by atoms with Gasteiger partial charge in [0.15, 0.2) is 17.3 Å². The molecule has 6 heteroatoms. The Morgan fingerprint density at radius 3 is 2.25 bits per heavy atom. The van der Waals surface area contributed by atoms with Gasteiger partial charge in [0, 0.05) is 16.7 Å². The second-order valence-corrected chi connectivity index (χ2v) is 10.6. The van der Waals surface area contributed by atoms with Gasteiger partial charge in [-0.15, -0.1) is 0 Å². The van der Waals surface area contributed by atoms with E-state index in [4.69, 9.17) is 9.47 Å². The van der Waals surface area contributed by atoms with Gasteiger partial charge in [-0.2, -0.15) is 0 Å². The first-order valence-corrected chi connectivity index (χ1v) is 12.2. The lowest BCUT2D eigenvalue weighted by molar-refractivity contribution is 0.0841. The molecule has 0 saturated heterocycles. The molecule has 0 radical (unpaired) electrons. The van der Waals surface area contributed by atoms with E-state index in [0.29, 0.717) is 40.8 Å². The average molecular weight is 491 g/mol. The lowest BCUT2D eigenvalue weighted by Gasteiger charge is -2.31. The van der Waals surface area contributed by atoms with Gasteiger partial charge < -0.3 is 24.8 Å². The largest absolute Gasteiger partial charge is 0.507 e. The Kier molecular flexibility index (Phi) is 6.65. The quantitative estimate of drug-likeness (QED) is 0.403. The maximum Gasteiger partial charge on any atom is 0.174 e. The molecule has 3 N–H and O–H groups in total. The molecule has 4 rings (SSSR count). The van der Waals surface area contributed by atoms with Gasteiger partial charge in [-0.25, -0.2) is 0 Å². The fourth-order valence-corrected chi connectivity index (χ4v) is 4.50. The fraction of sp³-hybridized carbons (Fsp3) is 0.367. The van der Waals surface area contributed by atoms with Crippen LogP contribution < -0.4 is 9.47 Å². The lowest BCUT2D eigenvalue weighted by atomic mass is 9.88. The third kappa shape index (κ3) is 4.85. The van der Waals surface area contributed by atoms with Crippen LogP contribution in [0.4, 0.5) is 0 Å². The summed E-state index contributed by atoms with van der Waals surface area (Å²) < 4.78 is 12.2. The van der Waals surface area contributed by atoms with Crippen molar-refractivity contribution in [1.82, 2.24) is 0 Å². The molecule has 36 heavy (non-hydrogen) atoms. The first kappa shape index (κ1) is 25.4. The molecule has 2 aromatic carbocycles. The van der Waals surface area contributed by atoms with Crippen LogP contribution in [0.3, 0.4) is 0 Å². The van der Waals surface area contributed by atoms with E-state index in [0.717, 1.165) is 11.1 Å². The van der Waals surface area contributed by atoms with Crippen molar-refractivity contribution in [3.63, 3.8) is 0 Å². The molecule has 1 atom stereocenters. The van der Waals surface area contributed by atoms with Crippen molar-refractivity contribution in [2.45, 2.75) is 72.5 Å². The van der Waals surface area contributed by atoms with E-state index in [-0.39, 0.29) is 40.8 Å². The van der Waals surface area contributed by atoms with Crippen LogP contribution in [0.1, 0.15) is 86.7 Å². The second kappa shape index (κ2) is 9.41. The highest BCUT2D eigenvalue weighted by Crippen LogP contribution is 2.50. The van der Waals surface area contributed by atoms with Crippen LogP contribution in [0, 0.1) is 0 Å². The summed E-state index contributed by atoms with van der Waals surface area (Å²) >= 11 is 0. The standard InChI is InChI=1S/C30H34O6/c1-16(2)7-9-20-26(33)21(10-8-17(3)4)29-25(27(20)34)22(31)15-24(35-29)19-13-18-11-12-30(5,6)36-28(18)23(32)14-19/h7-8,11-14,24,32-34H,9-10,15H2,1-6H3/t24-/m1/s1. The van der Waals surface area contributed by atoms with E-state index in [9.17, 15) is 20.1 Å². The predicted molar refractivity (Wildman–Crippen MR) is 140 cm³/mol. The van der Waals surface area contributed by atoms with Gasteiger partial charge in [0.05, 0.1) is 6.42 Å². The zero-order valence-corrected chi connectivity index (χ0v) is 21.7. The number of carbonyl (C=O) groups is 1. The number of hydrogen-bond donors (Lipinski definition) is 3. The monoisotopic (exact) mass is 490 g/mol. The molecule has 0 unspecified atom stereocenters. The summed E-state index contributed by atoms with van der Waals surface area (Å²) in [5.41, 5.74) is 3.73. The third-order valence-corrected chi connectivity index (χ3v) is 6.46. The number of ketones is 1. The van der Waals surface area contributed by atoms with Gasteiger partial charge in [0.2, 0.25) is 0 Å². The highest BCUT2D eigenvalue weighted by Gasteiger charge is 2.36. The summed E-state index contributed by atoms with van der Waals surface area (Å²) in [6.07, 6.45) is 7.57. The topological polar surface area (TPSA) is 96.2 Å². The summed E-state index contributed by atoms with van der Waals surface area (Å²) in [6, 6.07) is 3.39. The maximum atomic E-state index is 13.4. The lowest BCUT2D eigenvalue weighted by Crippen LogP contribution is -2.28. The van der Waals surface area contributed by atoms with Gasteiger partial charge in [-0.1, -0.05) is 29.4 Å². The minimum Gasteiger partial charge on any atom is -0.507 e. The number of aromatic hydroxyl groups is 3. The SMILES string of the molecule is CC(C)=CCc1c(O)c(CC=C(C)C)c2c(c1O)C(=O)C[C@H](c1cc(O)c3c(c1)C=CC(C)(C)O3)O2. The first-order valence-electron chi connectivity index (χ1n) is 12.2. The molecule has 190 valence electrons. The number of allylic oxidation sites excluding steroid dienone is 4. The molecule has 0 saturated carbocycles. The van der Waals surface area contributed by atoms with Crippen molar-refractivity contribution in [1.29, 1.82) is 0 Å². The summed E-state index contributed by atoms with van der Waals surface area (Å²) in [4.78, 5) is 13.4. The second-order valence-electron chi connectivity index (χ2n) is 10.6. The third-order valence-electron chi connectivity index (χ3n) is 6.46. The van der Waals surface area contributed by atoms with Crippen LogP contribution in [-0.2, 0) is 12.8 Å². The van der Waals surface area contributed by atoms with Crippen molar-refractivity contribution in [2.75, 3.05) is 0 Å². The van der Waals surface area contributed by atoms with Crippen LogP contribution in [0.2, 0.25) is 0 Å². The summed E-state index contributed by atoms with van der Waals surface area (Å²) in [5, 5.41) is 32.9. The zero-order valence-electron chi connectivity index (χ0n) is 21.7. The number of rotatable bonds is 5. The molecule has 2 aliphatic rings. The maximum absolute atomic E-state index is 13.4. The molecule has 0 spiro atoms. The first-order chi connectivity index (χ1) is 16.9. The fourth-order valence-electron chi connectivity index (χ4n) is 4.50. The van der Waals surface area contributed by atoms with Crippen molar-refractivity contribution < 1.29 is 29.6 Å². The highest BCUT2D eigenvalue weighted by atomic mass is 16.5. The van der Waals surface area contributed by atoms with E-state index in [2.05, 4.69) is 0 Å². The van der Waals surface area contributed by atoms with E-state index in [1.807, 2.05) is 71.9 Å². The van der Waals surface area contributed by atoms with E-state index in [1.165, 1.54) is 0 Å². The predicted octanol–water partition coefficient (Wildman–Crippen LogP) is 6.71. The summed E-state index contributed by atoms with van der Waals surface area (Å²) in [6.45, 7) is 11.6. The molecule has 0 fully saturated rings. The molecule has 2 aromatic rings. The minimum atomic E-state index is -0.697. The van der Waals surface area contributed by atoms with Crippen molar-refractivity contribution in [2.24, 2.45) is 0 Å². The number of benzene rings is 2. The molecule has 2 heterocycles. The number of carbonyl (C=O) groups excluding carboxylic acids is 1. The smallest absolute Gasteiger partial charge is 0.174 e. The van der Waals surface area contributed by atoms with E-state index in [1.54, 1.807) is 6.07 Å². The molecule has 0 aliphatic carbocycles. The van der Waals surface area contributed by atoms with Crippen molar-refractivity contribution in [3.05, 3.63) is 69.3 Å². The number of phenolic OH excluding ortho intramolecular Hbond substituents is 3. The number of hydrogen-bond acceptors (Lipinski definition) is 6. The highest BCUT2D eigenvalue weighted by molar-refractivity contribution is 6.04. The zero-order chi connectivity index (χ0) is 26.4. The van der Waals surface area contributed by atoms with E-state index < -0.39 is 11.7 Å². The number of ether oxygens (including phenoxy) is 2. The van der Waals surface area contributed by atoms with Crippen LogP contribution in [0.5, 0.6) is 28.7 Å². The van der Waals surface area contributed by atoms with Crippen LogP contribution in [-0.4, -0.2) is 26.7 Å². The van der Waals surface area contributed by atoms with Gasteiger partial charge in [-0.05, 0) is 78.2 Å². The van der Waals surface area contributed by atoms with Crippen molar-refractivity contribution in [3.8, 4) is 28.7 Å². The Labute approximate surface area is 212 Å². The van der Waals surface area contributed by atoms with Crippen molar-refractivity contribution >= 4 is 11.9 Å². The molecule has 2 aliphatic heterocycles. The average Bonchev–Trinajstić information content (AvgIpc) is 2.78. The Hall–Kier alpha value is -3.67. The Morgan fingerprint density at radius 2 is 1.61 bits per heavy atom. The van der Waals surface area contributed by atoms with E-state index >= 15 is 0 Å². The van der Waals surface area contributed by atoms with Crippen LogP contribution >= 0.6 is 0 Å². The molecule has 0 bridgehead atoms. The Balaban J connectivity index is 1.82. The number of fused-ring (bicyclic) bond motifs is 2. The normalized spacial score (nSPS) is 17.4. The molecule has 0 amide bonds. The number of phenols is 3. The molecule has 6 nitrogen and oxygen atoms in total. The number of Topliss-reactive ketones (excluding diaryl/α,β-unsaturated/α-hetero) is 1. The Morgan fingerprint density at radius 1 is 0.972 bits per heavy atom. The van der Waals surface area contributed by atoms with Gasteiger partial charge in [-0.3, -0.25) is 4.79 Å².